The lowest BCUT2D eigenvalue weighted by molar-refractivity contribution is -0.132. The fraction of sp³-hybridized carbons (Fsp3) is 0.556. The van der Waals surface area contributed by atoms with E-state index in [-0.39, 0.29) is 31.0 Å². The number of hydrogen-bond acceptors (Lipinski definition) is 4. The Morgan fingerprint density at radius 3 is 2.83 bits per heavy atom. The zero-order valence-corrected chi connectivity index (χ0v) is 14.7. The summed E-state index contributed by atoms with van der Waals surface area (Å²) in [5, 5.41) is 5.96. The van der Waals surface area contributed by atoms with Crippen LogP contribution in [0.3, 0.4) is 0 Å². The number of likely N-dealkylation sites (N-methyl/N-ethyl adjacent to an activating group) is 1. The zero-order chi connectivity index (χ0) is 17.5. The number of ether oxygens (including phenoxy) is 1. The van der Waals surface area contributed by atoms with Crippen molar-refractivity contribution in [2.45, 2.75) is 32.8 Å². The van der Waals surface area contributed by atoms with E-state index in [0.29, 0.717) is 6.54 Å². The predicted octanol–water partition coefficient (Wildman–Crippen LogP) is 1.47. The molecule has 1 atom stereocenters. The maximum Gasteiger partial charge on any atom is 0.243 e. The minimum absolute atomic E-state index is 0.0355. The highest BCUT2D eigenvalue weighted by atomic mass is 16.5. The van der Waals surface area contributed by atoms with Gasteiger partial charge in [-0.05, 0) is 43.9 Å². The van der Waals surface area contributed by atoms with Gasteiger partial charge in [-0.25, -0.2) is 0 Å². The number of hydrogen-bond donors (Lipinski definition) is 2. The third kappa shape index (κ3) is 5.32. The van der Waals surface area contributed by atoms with Crippen LogP contribution in [-0.2, 0) is 14.3 Å². The van der Waals surface area contributed by atoms with Gasteiger partial charge in [0, 0.05) is 25.9 Å². The van der Waals surface area contributed by atoms with Crippen molar-refractivity contribution in [2.24, 2.45) is 0 Å². The number of carbonyl (C=O) groups is 2. The van der Waals surface area contributed by atoms with E-state index in [1.165, 1.54) is 4.90 Å². The molecule has 0 saturated carbocycles. The molecule has 1 unspecified atom stereocenters. The van der Waals surface area contributed by atoms with Gasteiger partial charge in [0.25, 0.3) is 0 Å². The maximum atomic E-state index is 12.1. The van der Waals surface area contributed by atoms with Crippen LogP contribution in [0.4, 0.5) is 5.69 Å². The maximum absolute atomic E-state index is 12.1. The standard InChI is InChI=1S/C18H27N3O3/c1-13-6-4-8-16(14(13)2)20-17(22)12-21(3)18(23)11-19-10-15-7-5-9-24-15/h4,6,8,15,19H,5,7,9-12H2,1-3H3,(H,20,22). The second-order valence-electron chi connectivity index (χ2n) is 6.31. The highest BCUT2D eigenvalue weighted by Crippen LogP contribution is 2.17. The Kier molecular flexibility index (Phi) is 6.75. The summed E-state index contributed by atoms with van der Waals surface area (Å²) < 4.78 is 5.50. The average Bonchev–Trinajstić information content (AvgIpc) is 3.05. The molecule has 1 aromatic carbocycles. The van der Waals surface area contributed by atoms with Crippen molar-refractivity contribution in [3.8, 4) is 0 Å². The van der Waals surface area contributed by atoms with Crippen LogP contribution < -0.4 is 10.6 Å². The van der Waals surface area contributed by atoms with Crippen molar-refractivity contribution in [3.05, 3.63) is 29.3 Å². The molecule has 2 amide bonds. The van der Waals surface area contributed by atoms with E-state index in [2.05, 4.69) is 10.6 Å². The van der Waals surface area contributed by atoms with E-state index in [9.17, 15) is 9.59 Å². The molecule has 6 nitrogen and oxygen atoms in total. The first kappa shape index (κ1) is 18.4. The first-order valence-corrected chi connectivity index (χ1v) is 8.39. The number of carbonyl (C=O) groups excluding carboxylic acids is 2. The van der Waals surface area contributed by atoms with Crippen LogP contribution in [0, 0.1) is 13.8 Å². The highest BCUT2D eigenvalue weighted by Gasteiger charge is 2.17. The molecule has 0 bridgehead atoms. The van der Waals surface area contributed by atoms with Crippen LogP contribution >= 0.6 is 0 Å². The molecule has 1 fully saturated rings. The highest BCUT2D eigenvalue weighted by molar-refractivity contribution is 5.95. The van der Waals surface area contributed by atoms with Crippen LogP contribution in [0.1, 0.15) is 24.0 Å². The molecule has 0 spiro atoms. The monoisotopic (exact) mass is 333 g/mol. The average molecular weight is 333 g/mol. The number of aryl methyl sites for hydroxylation is 1. The van der Waals surface area contributed by atoms with E-state index in [1.54, 1.807) is 7.05 Å². The van der Waals surface area contributed by atoms with Crippen LogP contribution in [0.15, 0.2) is 18.2 Å². The van der Waals surface area contributed by atoms with Gasteiger partial charge in [0.15, 0.2) is 0 Å². The van der Waals surface area contributed by atoms with E-state index >= 15 is 0 Å². The van der Waals surface area contributed by atoms with E-state index in [0.717, 1.165) is 36.3 Å². The van der Waals surface area contributed by atoms with Gasteiger partial charge in [-0.1, -0.05) is 12.1 Å². The minimum Gasteiger partial charge on any atom is -0.377 e. The van der Waals surface area contributed by atoms with Gasteiger partial charge >= 0.3 is 0 Å². The third-order valence-electron chi connectivity index (χ3n) is 4.36. The van der Waals surface area contributed by atoms with Gasteiger partial charge in [-0.3, -0.25) is 9.59 Å². The molecule has 24 heavy (non-hydrogen) atoms. The molecule has 2 N–H and O–H groups in total. The summed E-state index contributed by atoms with van der Waals surface area (Å²) in [5.74, 6) is -0.303. The number of rotatable bonds is 7. The Bertz CT molecular complexity index is 583. The summed E-state index contributed by atoms with van der Waals surface area (Å²) in [5.41, 5.74) is 2.95. The number of nitrogens with one attached hydrogen (secondary N) is 2. The van der Waals surface area contributed by atoms with Crippen LogP contribution in [-0.4, -0.2) is 56.1 Å². The topological polar surface area (TPSA) is 70.7 Å². The predicted molar refractivity (Wildman–Crippen MR) is 94.0 cm³/mol. The molecule has 1 saturated heterocycles. The lowest BCUT2D eigenvalue weighted by atomic mass is 10.1. The molecule has 1 aromatic rings. The first-order chi connectivity index (χ1) is 11.5. The minimum atomic E-state index is -0.196. The first-order valence-electron chi connectivity index (χ1n) is 8.39. The molecular formula is C18H27N3O3. The lowest BCUT2D eigenvalue weighted by Crippen LogP contribution is -2.41. The van der Waals surface area contributed by atoms with Gasteiger partial charge in [-0.15, -0.1) is 0 Å². The Hall–Kier alpha value is -1.92. The Labute approximate surface area is 143 Å². The molecule has 2 rings (SSSR count). The van der Waals surface area contributed by atoms with Gasteiger partial charge in [-0.2, -0.15) is 0 Å². The van der Waals surface area contributed by atoms with Crippen LogP contribution in [0.5, 0.6) is 0 Å². The Morgan fingerprint density at radius 1 is 1.33 bits per heavy atom. The molecule has 1 aliphatic rings. The summed E-state index contributed by atoms with van der Waals surface area (Å²) in [6.45, 7) is 5.70. The molecule has 0 radical (unpaired) electrons. The van der Waals surface area contributed by atoms with Crippen LogP contribution in [0.2, 0.25) is 0 Å². The van der Waals surface area contributed by atoms with E-state index in [1.807, 2.05) is 32.0 Å². The van der Waals surface area contributed by atoms with Crippen molar-refractivity contribution in [1.29, 1.82) is 0 Å². The van der Waals surface area contributed by atoms with Gasteiger partial charge in [0.05, 0.1) is 19.2 Å². The Balaban J connectivity index is 1.73. The van der Waals surface area contributed by atoms with E-state index < -0.39 is 0 Å². The summed E-state index contributed by atoms with van der Waals surface area (Å²) in [4.78, 5) is 25.6. The zero-order valence-electron chi connectivity index (χ0n) is 14.7. The molecule has 0 aliphatic carbocycles. The van der Waals surface area contributed by atoms with E-state index in [4.69, 9.17) is 4.74 Å². The number of benzene rings is 1. The normalized spacial score (nSPS) is 16.9. The van der Waals surface area contributed by atoms with Crippen molar-refractivity contribution >= 4 is 17.5 Å². The molecule has 6 heteroatoms. The molecular weight excluding hydrogens is 306 g/mol. The van der Waals surface area contributed by atoms with Gasteiger partial charge in [0.1, 0.15) is 0 Å². The Morgan fingerprint density at radius 2 is 2.12 bits per heavy atom. The molecule has 1 heterocycles. The second kappa shape index (κ2) is 8.80. The van der Waals surface area contributed by atoms with Crippen molar-refractivity contribution in [2.75, 3.05) is 38.6 Å². The van der Waals surface area contributed by atoms with Crippen molar-refractivity contribution in [3.63, 3.8) is 0 Å². The largest absolute Gasteiger partial charge is 0.377 e. The fourth-order valence-corrected chi connectivity index (χ4v) is 2.66. The van der Waals surface area contributed by atoms with Crippen LogP contribution in [0.25, 0.3) is 0 Å². The van der Waals surface area contributed by atoms with Gasteiger partial charge in [0.2, 0.25) is 11.8 Å². The second-order valence-corrected chi connectivity index (χ2v) is 6.31. The quantitative estimate of drug-likeness (QED) is 0.793. The smallest absolute Gasteiger partial charge is 0.243 e. The fourth-order valence-electron chi connectivity index (χ4n) is 2.66. The van der Waals surface area contributed by atoms with Gasteiger partial charge < -0.3 is 20.3 Å². The lowest BCUT2D eigenvalue weighted by Gasteiger charge is -2.18. The molecule has 1 aliphatic heterocycles. The summed E-state index contributed by atoms with van der Waals surface area (Å²) in [6, 6.07) is 5.77. The number of nitrogens with zero attached hydrogens (tertiary/aromatic N) is 1. The summed E-state index contributed by atoms with van der Waals surface area (Å²) in [7, 11) is 1.64. The SMILES string of the molecule is Cc1cccc(NC(=O)CN(C)C(=O)CNCC2CCCO2)c1C. The van der Waals surface area contributed by atoms with Crippen molar-refractivity contribution < 1.29 is 14.3 Å². The summed E-state index contributed by atoms with van der Waals surface area (Å²) >= 11 is 0. The molecule has 132 valence electrons. The van der Waals surface area contributed by atoms with Crippen molar-refractivity contribution in [1.82, 2.24) is 10.2 Å². The summed E-state index contributed by atoms with van der Waals surface area (Å²) in [6.07, 6.45) is 2.32. The number of anilines is 1. The number of amides is 2. The third-order valence-corrected chi connectivity index (χ3v) is 4.36. The molecule has 0 aromatic heterocycles.